The molecule has 0 aromatic heterocycles. The number of nitrogens with zero attached hydrogens (tertiary/aromatic N) is 1. The summed E-state index contributed by atoms with van der Waals surface area (Å²) in [6, 6.07) is 8.61. The summed E-state index contributed by atoms with van der Waals surface area (Å²) in [4.78, 5) is 0. The Kier molecular flexibility index (Phi) is 2.70. The van der Waals surface area contributed by atoms with Crippen LogP contribution in [0.4, 0.5) is 0 Å². The number of hydrogen-bond acceptors (Lipinski definition) is 3. The zero-order valence-corrected chi connectivity index (χ0v) is 8.66. The van der Waals surface area contributed by atoms with Crippen LogP contribution in [0.5, 0.6) is 5.75 Å². The highest BCUT2D eigenvalue weighted by Gasteiger charge is 2.19. The molecule has 0 spiro atoms. The number of hydrogen-bond donors (Lipinski definition) is 1. The fourth-order valence-electron chi connectivity index (χ4n) is 1.78. The third-order valence-corrected chi connectivity index (χ3v) is 2.32. The molecular weight excluding hydrogens is 176 g/mol. The van der Waals surface area contributed by atoms with Crippen LogP contribution >= 0.6 is 0 Å². The van der Waals surface area contributed by atoms with Gasteiger partial charge in [0.05, 0.1) is 6.04 Å². The molecule has 1 aliphatic heterocycles. The second kappa shape index (κ2) is 3.98. The van der Waals surface area contributed by atoms with E-state index in [9.17, 15) is 0 Å². The smallest absolute Gasteiger partial charge is 0.122 e. The standard InChI is InChI=1S/C11H16N2O/c1-13(2)12-10-7-9-5-3-4-6-11(9)14-8-10/h3-6,10,12H,7-8H2,1-2H3. The molecule has 3 heteroatoms. The molecule has 1 aliphatic rings. The van der Waals surface area contributed by atoms with Gasteiger partial charge in [-0.15, -0.1) is 0 Å². The molecule has 0 fully saturated rings. The van der Waals surface area contributed by atoms with Crippen molar-refractivity contribution in [3.05, 3.63) is 29.8 Å². The molecule has 3 nitrogen and oxygen atoms in total. The predicted molar refractivity (Wildman–Crippen MR) is 56.3 cm³/mol. The van der Waals surface area contributed by atoms with Gasteiger partial charge in [0.2, 0.25) is 0 Å². The molecule has 1 aromatic carbocycles. The summed E-state index contributed by atoms with van der Waals surface area (Å²) in [5.41, 5.74) is 4.62. The summed E-state index contributed by atoms with van der Waals surface area (Å²) in [5, 5.41) is 1.97. The number of ether oxygens (including phenoxy) is 1. The minimum absolute atomic E-state index is 0.389. The Hall–Kier alpha value is -1.06. The van der Waals surface area contributed by atoms with Crippen LogP contribution in [0.1, 0.15) is 5.56 Å². The van der Waals surface area contributed by atoms with Gasteiger partial charge in [0, 0.05) is 14.1 Å². The highest BCUT2D eigenvalue weighted by molar-refractivity contribution is 5.35. The van der Waals surface area contributed by atoms with Crippen molar-refractivity contribution in [1.82, 2.24) is 10.4 Å². The number of hydrazine groups is 1. The van der Waals surface area contributed by atoms with E-state index in [1.807, 2.05) is 31.2 Å². The first-order valence-electron chi connectivity index (χ1n) is 4.90. The van der Waals surface area contributed by atoms with Gasteiger partial charge in [-0.05, 0) is 18.1 Å². The van der Waals surface area contributed by atoms with Crippen LogP contribution in [-0.4, -0.2) is 31.8 Å². The zero-order valence-electron chi connectivity index (χ0n) is 8.66. The molecular formula is C11H16N2O. The van der Waals surface area contributed by atoms with E-state index in [1.165, 1.54) is 5.56 Å². The Morgan fingerprint density at radius 3 is 2.93 bits per heavy atom. The molecule has 1 heterocycles. The second-order valence-corrected chi connectivity index (χ2v) is 3.84. The first-order valence-corrected chi connectivity index (χ1v) is 4.90. The van der Waals surface area contributed by atoms with Crippen molar-refractivity contribution in [1.29, 1.82) is 0 Å². The maximum absolute atomic E-state index is 5.65. The first-order chi connectivity index (χ1) is 6.75. The summed E-state index contributed by atoms with van der Waals surface area (Å²) >= 11 is 0. The number of fused-ring (bicyclic) bond motifs is 1. The lowest BCUT2D eigenvalue weighted by atomic mass is 10.0. The molecule has 1 unspecified atom stereocenters. The van der Waals surface area contributed by atoms with Crippen LogP contribution in [0.15, 0.2) is 24.3 Å². The Bertz CT molecular complexity index is 312. The van der Waals surface area contributed by atoms with Gasteiger partial charge < -0.3 is 4.74 Å². The maximum atomic E-state index is 5.65. The van der Waals surface area contributed by atoms with E-state index in [0.717, 1.165) is 18.8 Å². The molecule has 2 rings (SSSR count). The third-order valence-electron chi connectivity index (χ3n) is 2.32. The van der Waals surface area contributed by atoms with Gasteiger partial charge >= 0.3 is 0 Å². The van der Waals surface area contributed by atoms with Gasteiger partial charge in [0.15, 0.2) is 0 Å². The van der Waals surface area contributed by atoms with Gasteiger partial charge in [-0.1, -0.05) is 18.2 Å². The fourth-order valence-corrected chi connectivity index (χ4v) is 1.78. The van der Waals surface area contributed by atoms with Crippen LogP contribution in [0, 0.1) is 0 Å². The number of para-hydroxylation sites is 1. The van der Waals surface area contributed by atoms with Crippen molar-refractivity contribution in [2.24, 2.45) is 0 Å². The summed E-state index contributed by atoms with van der Waals surface area (Å²) in [5.74, 6) is 1.03. The van der Waals surface area contributed by atoms with Crippen LogP contribution in [0.3, 0.4) is 0 Å². The summed E-state index contributed by atoms with van der Waals surface area (Å²) in [6.45, 7) is 0.745. The van der Waals surface area contributed by atoms with Crippen molar-refractivity contribution < 1.29 is 4.74 Å². The molecule has 0 saturated heterocycles. The van der Waals surface area contributed by atoms with Crippen molar-refractivity contribution in [2.45, 2.75) is 12.5 Å². The lowest BCUT2D eigenvalue weighted by Gasteiger charge is -2.28. The summed E-state index contributed by atoms with van der Waals surface area (Å²) < 4.78 is 5.65. The minimum Gasteiger partial charge on any atom is -0.492 e. The molecule has 1 atom stereocenters. The highest BCUT2D eigenvalue weighted by Crippen LogP contribution is 2.23. The van der Waals surface area contributed by atoms with E-state index < -0.39 is 0 Å². The minimum atomic E-state index is 0.389. The molecule has 0 bridgehead atoms. The zero-order chi connectivity index (χ0) is 9.97. The SMILES string of the molecule is CN(C)NC1COc2ccccc2C1. The van der Waals surface area contributed by atoms with Crippen molar-refractivity contribution in [3.8, 4) is 5.75 Å². The van der Waals surface area contributed by atoms with E-state index in [4.69, 9.17) is 4.74 Å². The lowest BCUT2D eigenvalue weighted by Crippen LogP contribution is -2.46. The van der Waals surface area contributed by atoms with Crippen LogP contribution in [-0.2, 0) is 6.42 Å². The fraction of sp³-hybridized carbons (Fsp3) is 0.455. The lowest BCUT2D eigenvalue weighted by molar-refractivity contribution is 0.165. The average Bonchev–Trinajstić information content (AvgIpc) is 2.17. The average molecular weight is 192 g/mol. The molecule has 0 saturated carbocycles. The van der Waals surface area contributed by atoms with Crippen LogP contribution in [0.2, 0.25) is 0 Å². The van der Waals surface area contributed by atoms with E-state index in [1.54, 1.807) is 0 Å². The van der Waals surface area contributed by atoms with E-state index in [2.05, 4.69) is 17.6 Å². The van der Waals surface area contributed by atoms with Crippen molar-refractivity contribution in [2.75, 3.05) is 20.7 Å². The van der Waals surface area contributed by atoms with Crippen LogP contribution in [0.25, 0.3) is 0 Å². The van der Waals surface area contributed by atoms with Crippen molar-refractivity contribution in [3.63, 3.8) is 0 Å². The molecule has 1 N–H and O–H groups in total. The van der Waals surface area contributed by atoms with Gasteiger partial charge in [-0.3, -0.25) is 5.01 Å². The Morgan fingerprint density at radius 1 is 1.36 bits per heavy atom. The highest BCUT2D eigenvalue weighted by atomic mass is 16.5. The molecule has 0 aliphatic carbocycles. The van der Waals surface area contributed by atoms with E-state index in [-0.39, 0.29) is 0 Å². The Labute approximate surface area is 84.6 Å². The molecule has 76 valence electrons. The monoisotopic (exact) mass is 192 g/mol. The summed E-state index contributed by atoms with van der Waals surface area (Å²) in [6.07, 6.45) is 1.04. The van der Waals surface area contributed by atoms with Crippen molar-refractivity contribution >= 4 is 0 Å². The normalized spacial score (nSPS) is 20.4. The summed E-state index contributed by atoms with van der Waals surface area (Å²) in [7, 11) is 4.00. The number of benzene rings is 1. The third kappa shape index (κ3) is 2.05. The topological polar surface area (TPSA) is 24.5 Å². The second-order valence-electron chi connectivity index (χ2n) is 3.84. The molecule has 1 aromatic rings. The number of nitrogens with one attached hydrogen (secondary N) is 1. The first kappa shape index (κ1) is 9.49. The molecule has 14 heavy (non-hydrogen) atoms. The van der Waals surface area contributed by atoms with Gasteiger partial charge in [0.1, 0.15) is 12.4 Å². The molecule has 0 amide bonds. The van der Waals surface area contributed by atoms with Crippen LogP contribution < -0.4 is 10.2 Å². The Balaban J connectivity index is 2.06. The van der Waals surface area contributed by atoms with Gasteiger partial charge in [0.25, 0.3) is 0 Å². The maximum Gasteiger partial charge on any atom is 0.122 e. The van der Waals surface area contributed by atoms with E-state index >= 15 is 0 Å². The van der Waals surface area contributed by atoms with E-state index in [0.29, 0.717) is 6.04 Å². The van der Waals surface area contributed by atoms with Gasteiger partial charge in [-0.2, -0.15) is 0 Å². The largest absolute Gasteiger partial charge is 0.492 e. The molecule has 0 radical (unpaired) electrons. The number of rotatable bonds is 2. The Morgan fingerprint density at radius 2 is 2.14 bits per heavy atom. The van der Waals surface area contributed by atoms with Gasteiger partial charge in [-0.25, -0.2) is 5.43 Å². The quantitative estimate of drug-likeness (QED) is 0.709. The predicted octanol–water partition coefficient (Wildman–Crippen LogP) is 1.06.